The molecule has 0 aliphatic heterocycles. The predicted molar refractivity (Wildman–Crippen MR) is 156 cm³/mol. The van der Waals surface area contributed by atoms with E-state index in [1.807, 2.05) is 36.6 Å². The second kappa shape index (κ2) is 15.5. The van der Waals surface area contributed by atoms with Gasteiger partial charge in [0.2, 0.25) is 5.91 Å². The molecule has 0 spiro atoms. The average Bonchev–Trinajstić information content (AvgIpc) is 3.38. The highest BCUT2D eigenvalue weighted by Crippen LogP contribution is 2.28. The first-order valence-electron chi connectivity index (χ1n) is 12.9. The molecule has 0 radical (unpaired) electrons. The Balaban J connectivity index is 1.78. The molecule has 1 aromatic heterocycles. The maximum Gasteiger partial charge on any atom is 0.322 e. The molecule has 0 atom stereocenters. The highest BCUT2D eigenvalue weighted by atomic mass is 32.1. The van der Waals surface area contributed by atoms with Gasteiger partial charge in [0.05, 0.1) is 32.4 Å². The summed E-state index contributed by atoms with van der Waals surface area (Å²) < 4.78 is 16.0. The molecule has 0 saturated heterocycles. The second-order valence-corrected chi connectivity index (χ2v) is 10.2. The molecule has 3 amide bonds. The van der Waals surface area contributed by atoms with E-state index in [1.165, 1.54) is 4.90 Å². The number of thiophene rings is 1. The number of hydrogen-bond acceptors (Lipinski definition) is 7. The van der Waals surface area contributed by atoms with Crippen LogP contribution in [-0.2, 0) is 22.5 Å². The smallest absolute Gasteiger partial charge is 0.322 e. The van der Waals surface area contributed by atoms with E-state index in [2.05, 4.69) is 11.4 Å². The lowest BCUT2D eigenvalue weighted by Gasteiger charge is -2.28. The number of nitrogens with zero attached hydrogens (tertiary/aromatic N) is 3. The van der Waals surface area contributed by atoms with Crippen molar-refractivity contribution in [2.45, 2.75) is 26.3 Å². The third-order valence-electron chi connectivity index (χ3n) is 6.41. The number of hydrogen-bond donors (Lipinski definition) is 1. The summed E-state index contributed by atoms with van der Waals surface area (Å²) in [6.07, 6.45) is 1.18. The van der Waals surface area contributed by atoms with Gasteiger partial charge in [0, 0.05) is 37.4 Å². The topological polar surface area (TPSA) is 104 Å². The number of carbonyl (C=O) groups excluding carboxylic acids is 2. The number of ether oxygens (including phenoxy) is 3. The molecule has 3 aromatic rings. The quantitative estimate of drug-likeness (QED) is 0.274. The maximum atomic E-state index is 13.7. The molecule has 0 saturated carbocycles. The molecule has 0 bridgehead atoms. The molecule has 0 unspecified atom stereocenters. The van der Waals surface area contributed by atoms with Gasteiger partial charge in [-0.1, -0.05) is 12.1 Å². The van der Waals surface area contributed by atoms with E-state index in [0.29, 0.717) is 61.8 Å². The van der Waals surface area contributed by atoms with E-state index in [-0.39, 0.29) is 12.5 Å². The zero-order chi connectivity index (χ0) is 28.9. The van der Waals surface area contributed by atoms with Gasteiger partial charge in [0.1, 0.15) is 6.54 Å². The number of nitrogens with one attached hydrogen (secondary N) is 1. The van der Waals surface area contributed by atoms with Crippen LogP contribution in [0.5, 0.6) is 11.5 Å². The van der Waals surface area contributed by atoms with Gasteiger partial charge in [0.15, 0.2) is 11.5 Å². The highest BCUT2D eigenvalue weighted by Gasteiger charge is 2.23. The van der Waals surface area contributed by atoms with Crippen molar-refractivity contribution >= 4 is 29.0 Å². The minimum absolute atomic E-state index is 0.0934. The average molecular weight is 565 g/mol. The molecule has 212 valence electrons. The van der Waals surface area contributed by atoms with Gasteiger partial charge in [-0.05, 0) is 72.7 Å². The Morgan fingerprint density at radius 1 is 1.00 bits per heavy atom. The summed E-state index contributed by atoms with van der Waals surface area (Å²) >= 11 is 1.61. The summed E-state index contributed by atoms with van der Waals surface area (Å²) in [6, 6.07) is 16.1. The summed E-state index contributed by atoms with van der Waals surface area (Å²) in [6.45, 7) is 3.65. The first-order chi connectivity index (χ1) is 19.4. The van der Waals surface area contributed by atoms with Crippen molar-refractivity contribution in [2.24, 2.45) is 0 Å². The van der Waals surface area contributed by atoms with Crippen molar-refractivity contribution in [1.82, 2.24) is 9.80 Å². The fourth-order valence-electron chi connectivity index (χ4n) is 4.12. The third kappa shape index (κ3) is 8.73. The monoisotopic (exact) mass is 564 g/mol. The van der Waals surface area contributed by atoms with Gasteiger partial charge >= 0.3 is 6.03 Å². The minimum atomic E-state index is -0.410. The normalized spacial score (nSPS) is 10.5. The van der Waals surface area contributed by atoms with Crippen LogP contribution >= 0.6 is 11.3 Å². The standard InChI is InChI=1S/C30H36N4O5S/c1-22-12-16-40-28(22)20-33(14-11-23-9-10-26(38-3)27(18-23)39-4)29(35)21-34(13-6-15-37-2)30(36)32-25-8-5-7-24(17-25)19-31/h5,7-10,12,16-18H,6,11,13-15,20-21H2,1-4H3,(H,32,36). The van der Waals surface area contributed by atoms with Crippen LogP contribution in [0.15, 0.2) is 53.9 Å². The Kier molecular flexibility index (Phi) is 11.8. The van der Waals surface area contributed by atoms with Gasteiger partial charge in [-0.2, -0.15) is 5.26 Å². The van der Waals surface area contributed by atoms with E-state index >= 15 is 0 Å². The Bertz CT molecular complexity index is 1320. The van der Waals surface area contributed by atoms with Crippen LogP contribution in [0.2, 0.25) is 0 Å². The zero-order valence-corrected chi connectivity index (χ0v) is 24.3. The number of anilines is 1. The highest BCUT2D eigenvalue weighted by molar-refractivity contribution is 7.10. The molecule has 0 fully saturated rings. The van der Waals surface area contributed by atoms with Crippen LogP contribution in [0.25, 0.3) is 0 Å². The molecule has 10 heteroatoms. The Morgan fingerprint density at radius 3 is 2.48 bits per heavy atom. The fourth-order valence-corrected chi connectivity index (χ4v) is 5.04. The number of methoxy groups -OCH3 is 3. The summed E-state index contributed by atoms with van der Waals surface area (Å²) in [5.74, 6) is 1.12. The molecule has 9 nitrogen and oxygen atoms in total. The number of nitriles is 1. The Hall–Kier alpha value is -4.07. The van der Waals surface area contributed by atoms with E-state index in [1.54, 1.807) is 61.8 Å². The lowest BCUT2D eigenvalue weighted by molar-refractivity contribution is -0.132. The fraction of sp³-hybridized carbons (Fsp3) is 0.367. The van der Waals surface area contributed by atoms with Crippen molar-refractivity contribution in [1.29, 1.82) is 5.26 Å². The van der Waals surface area contributed by atoms with Crippen LogP contribution in [0.1, 0.15) is 28.0 Å². The van der Waals surface area contributed by atoms with Crippen LogP contribution < -0.4 is 14.8 Å². The van der Waals surface area contributed by atoms with Crippen LogP contribution in [-0.4, -0.2) is 69.3 Å². The predicted octanol–water partition coefficient (Wildman–Crippen LogP) is 5.09. The molecule has 0 aliphatic carbocycles. The third-order valence-corrected chi connectivity index (χ3v) is 7.41. The van der Waals surface area contributed by atoms with E-state index in [0.717, 1.165) is 16.0 Å². The van der Waals surface area contributed by atoms with Crippen LogP contribution in [0.4, 0.5) is 10.5 Å². The molecule has 1 N–H and O–H groups in total. The molecule has 40 heavy (non-hydrogen) atoms. The number of amides is 3. The van der Waals surface area contributed by atoms with E-state index in [9.17, 15) is 14.9 Å². The van der Waals surface area contributed by atoms with Crippen molar-refractivity contribution in [3.8, 4) is 17.6 Å². The van der Waals surface area contributed by atoms with Crippen molar-refractivity contribution < 1.29 is 23.8 Å². The van der Waals surface area contributed by atoms with Crippen molar-refractivity contribution in [3.05, 3.63) is 75.5 Å². The first kappa shape index (κ1) is 30.5. The Labute approximate surface area is 239 Å². The van der Waals surface area contributed by atoms with Crippen LogP contribution in [0, 0.1) is 18.3 Å². The number of carbonyl (C=O) groups is 2. The van der Waals surface area contributed by atoms with E-state index < -0.39 is 6.03 Å². The maximum absolute atomic E-state index is 13.7. The van der Waals surface area contributed by atoms with Gasteiger partial charge in [-0.15, -0.1) is 11.3 Å². The van der Waals surface area contributed by atoms with Crippen molar-refractivity contribution in [2.75, 3.05) is 52.9 Å². The molecular formula is C30H36N4O5S. The summed E-state index contributed by atoms with van der Waals surface area (Å²) in [4.78, 5) is 31.3. The summed E-state index contributed by atoms with van der Waals surface area (Å²) in [5.41, 5.74) is 3.06. The Morgan fingerprint density at radius 2 is 1.80 bits per heavy atom. The molecule has 3 rings (SSSR count). The number of urea groups is 1. The SMILES string of the molecule is COCCCN(CC(=O)N(CCc1ccc(OC)c(OC)c1)Cc1sccc1C)C(=O)Nc1cccc(C#N)c1. The molecule has 1 heterocycles. The summed E-state index contributed by atoms with van der Waals surface area (Å²) in [7, 11) is 4.79. The van der Waals surface area contributed by atoms with Crippen molar-refractivity contribution in [3.63, 3.8) is 0 Å². The lowest BCUT2D eigenvalue weighted by Crippen LogP contribution is -2.45. The first-order valence-corrected chi connectivity index (χ1v) is 13.8. The minimum Gasteiger partial charge on any atom is -0.493 e. The van der Waals surface area contributed by atoms with E-state index in [4.69, 9.17) is 14.2 Å². The van der Waals surface area contributed by atoms with Gasteiger partial charge in [-0.3, -0.25) is 4.79 Å². The zero-order valence-electron chi connectivity index (χ0n) is 23.4. The van der Waals surface area contributed by atoms with Gasteiger partial charge in [0.25, 0.3) is 0 Å². The molecular weight excluding hydrogens is 528 g/mol. The molecule has 2 aromatic carbocycles. The lowest BCUT2D eigenvalue weighted by atomic mass is 10.1. The number of rotatable bonds is 14. The number of benzene rings is 2. The second-order valence-electron chi connectivity index (χ2n) is 9.17. The van der Waals surface area contributed by atoms with Gasteiger partial charge < -0.3 is 29.3 Å². The molecule has 0 aliphatic rings. The summed E-state index contributed by atoms with van der Waals surface area (Å²) in [5, 5.41) is 14.0. The largest absolute Gasteiger partial charge is 0.493 e. The van der Waals surface area contributed by atoms with Crippen LogP contribution in [0.3, 0.4) is 0 Å². The number of aryl methyl sites for hydroxylation is 1. The van der Waals surface area contributed by atoms with Gasteiger partial charge in [-0.25, -0.2) is 4.79 Å².